The zero-order valence-electron chi connectivity index (χ0n) is 11.7. The van der Waals surface area contributed by atoms with Crippen LogP contribution in [0.1, 0.15) is 26.5 Å². The molecule has 0 atom stereocenters. The van der Waals surface area contributed by atoms with Crippen molar-refractivity contribution in [1.82, 2.24) is 14.9 Å². The Bertz CT molecular complexity index is 464. The summed E-state index contributed by atoms with van der Waals surface area (Å²) in [4.78, 5) is 21.4. The molecule has 1 aliphatic heterocycles. The number of carbonyl (C=O) groups is 1. The van der Waals surface area contributed by atoms with Gasteiger partial charge < -0.3 is 14.4 Å². The lowest BCUT2D eigenvalue weighted by molar-refractivity contribution is -0.0232. The van der Waals surface area contributed by atoms with Crippen molar-refractivity contribution >= 4 is 6.09 Å². The second kappa shape index (κ2) is 5.03. The second-order valence-electron chi connectivity index (χ2n) is 5.62. The molecule has 0 unspecified atom stereocenters. The number of rotatable bonds is 2. The van der Waals surface area contributed by atoms with Gasteiger partial charge in [-0.2, -0.15) is 0 Å². The van der Waals surface area contributed by atoms with Crippen LogP contribution in [0.2, 0.25) is 0 Å². The Morgan fingerprint density at radius 3 is 2.63 bits per heavy atom. The molecule has 0 aromatic carbocycles. The van der Waals surface area contributed by atoms with Crippen molar-refractivity contribution < 1.29 is 14.3 Å². The molecule has 0 saturated carbocycles. The molecule has 0 radical (unpaired) electrons. The van der Waals surface area contributed by atoms with Gasteiger partial charge in [-0.05, 0) is 27.7 Å². The molecule has 0 aliphatic carbocycles. The summed E-state index contributed by atoms with van der Waals surface area (Å²) in [5.74, 6) is 0.543. The van der Waals surface area contributed by atoms with Gasteiger partial charge >= 0.3 is 6.09 Å². The number of ether oxygens (including phenoxy) is 2. The van der Waals surface area contributed by atoms with Gasteiger partial charge in [-0.25, -0.2) is 14.8 Å². The van der Waals surface area contributed by atoms with E-state index in [-0.39, 0.29) is 12.2 Å². The molecule has 1 aromatic heterocycles. The van der Waals surface area contributed by atoms with Crippen molar-refractivity contribution in [2.75, 3.05) is 13.1 Å². The Kier molecular flexibility index (Phi) is 3.59. The molecule has 0 N–H and O–H groups in total. The maximum Gasteiger partial charge on any atom is 0.410 e. The van der Waals surface area contributed by atoms with Gasteiger partial charge in [0, 0.05) is 11.8 Å². The molecule has 6 nitrogen and oxygen atoms in total. The van der Waals surface area contributed by atoms with Gasteiger partial charge in [0.15, 0.2) is 0 Å². The molecule has 19 heavy (non-hydrogen) atoms. The van der Waals surface area contributed by atoms with Crippen LogP contribution in [-0.2, 0) is 4.74 Å². The second-order valence-corrected chi connectivity index (χ2v) is 5.62. The lowest BCUT2D eigenvalue weighted by Gasteiger charge is -2.39. The summed E-state index contributed by atoms with van der Waals surface area (Å²) in [6.45, 7) is 8.48. The first-order valence-electron chi connectivity index (χ1n) is 6.27. The highest BCUT2D eigenvalue weighted by Crippen LogP contribution is 2.19. The summed E-state index contributed by atoms with van der Waals surface area (Å²) in [5, 5.41) is 0. The van der Waals surface area contributed by atoms with Gasteiger partial charge in [-0.3, -0.25) is 0 Å². The van der Waals surface area contributed by atoms with Crippen molar-refractivity contribution in [3.05, 3.63) is 18.1 Å². The summed E-state index contributed by atoms with van der Waals surface area (Å²) in [6.07, 6.45) is 1.14. The van der Waals surface area contributed by atoms with Crippen molar-refractivity contribution in [3.63, 3.8) is 0 Å². The quantitative estimate of drug-likeness (QED) is 0.815. The van der Waals surface area contributed by atoms with Crippen LogP contribution in [0.25, 0.3) is 0 Å². The molecule has 104 valence electrons. The molecule has 1 amide bonds. The van der Waals surface area contributed by atoms with Crippen LogP contribution in [-0.4, -0.2) is 45.8 Å². The molecule has 0 spiro atoms. The van der Waals surface area contributed by atoms with Crippen molar-refractivity contribution in [1.29, 1.82) is 0 Å². The standard InChI is InChI=1S/C13H19N3O3/c1-9-5-11(15-8-14-9)18-10-6-16(7-10)12(17)19-13(2,3)4/h5,8,10H,6-7H2,1-4H3. The van der Waals surface area contributed by atoms with Crippen molar-refractivity contribution in [2.24, 2.45) is 0 Å². The summed E-state index contributed by atoms with van der Waals surface area (Å²) >= 11 is 0. The topological polar surface area (TPSA) is 64.5 Å². The lowest BCUT2D eigenvalue weighted by Crippen LogP contribution is -2.57. The maximum atomic E-state index is 11.7. The first-order valence-corrected chi connectivity index (χ1v) is 6.27. The van der Waals surface area contributed by atoms with E-state index in [1.807, 2.05) is 27.7 Å². The fourth-order valence-electron chi connectivity index (χ4n) is 1.65. The number of aromatic nitrogens is 2. The van der Waals surface area contributed by atoms with Crippen LogP contribution < -0.4 is 4.74 Å². The third-order valence-corrected chi connectivity index (χ3v) is 2.57. The number of hydrogen-bond acceptors (Lipinski definition) is 5. The van der Waals surface area contributed by atoms with E-state index < -0.39 is 5.60 Å². The monoisotopic (exact) mass is 265 g/mol. The lowest BCUT2D eigenvalue weighted by atomic mass is 10.2. The zero-order chi connectivity index (χ0) is 14.0. The molecule has 2 heterocycles. The van der Waals surface area contributed by atoms with Gasteiger partial charge in [-0.1, -0.05) is 0 Å². The third-order valence-electron chi connectivity index (χ3n) is 2.57. The predicted octanol–water partition coefficient (Wildman–Crippen LogP) is 1.78. The Hall–Kier alpha value is -1.85. The van der Waals surface area contributed by atoms with Crippen LogP contribution in [0.15, 0.2) is 12.4 Å². The fourth-order valence-corrected chi connectivity index (χ4v) is 1.65. The molecular weight excluding hydrogens is 246 g/mol. The van der Waals surface area contributed by atoms with Crippen molar-refractivity contribution in [3.8, 4) is 5.88 Å². The number of carbonyl (C=O) groups excluding carboxylic acids is 1. The Morgan fingerprint density at radius 2 is 2.05 bits per heavy atom. The van der Waals surface area contributed by atoms with E-state index >= 15 is 0 Å². The number of amides is 1. The molecular formula is C13H19N3O3. The largest absolute Gasteiger partial charge is 0.470 e. The summed E-state index contributed by atoms with van der Waals surface area (Å²) in [7, 11) is 0. The average Bonchev–Trinajstić information content (AvgIpc) is 2.20. The van der Waals surface area contributed by atoms with E-state index in [0.717, 1.165) is 5.69 Å². The minimum absolute atomic E-state index is 0.0261. The van der Waals surface area contributed by atoms with E-state index in [1.54, 1.807) is 11.0 Å². The molecule has 1 fully saturated rings. The van der Waals surface area contributed by atoms with Crippen LogP contribution in [0.5, 0.6) is 5.88 Å². The molecule has 1 aromatic rings. The summed E-state index contributed by atoms with van der Waals surface area (Å²) in [5.41, 5.74) is 0.389. The average molecular weight is 265 g/mol. The number of likely N-dealkylation sites (tertiary alicyclic amines) is 1. The molecule has 2 rings (SSSR count). The van der Waals surface area contributed by atoms with Gasteiger partial charge in [-0.15, -0.1) is 0 Å². The van der Waals surface area contributed by atoms with Gasteiger partial charge in [0.1, 0.15) is 18.0 Å². The molecule has 6 heteroatoms. The first kappa shape index (κ1) is 13.6. The van der Waals surface area contributed by atoms with Gasteiger partial charge in [0.05, 0.1) is 13.1 Å². The van der Waals surface area contributed by atoms with Crippen LogP contribution >= 0.6 is 0 Å². The first-order chi connectivity index (χ1) is 8.83. The van der Waals surface area contributed by atoms with E-state index in [4.69, 9.17) is 9.47 Å². The Morgan fingerprint density at radius 1 is 1.37 bits per heavy atom. The molecule has 0 bridgehead atoms. The third kappa shape index (κ3) is 3.81. The van der Waals surface area contributed by atoms with Gasteiger partial charge in [0.25, 0.3) is 0 Å². The normalized spacial score (nSPS) is 15.9. The number of hydrogen-bond donors (Lipinski definition) is 0. The Balaban J connectivity index is 1.79. The summed E-state index contributed by atoms with van der Waals surface area (Å²) < 4.78 is 10.9. The highest BCUT2D eigenvalue weighted by molar-refractivity contribution is 5.69. The SMILES string of the molecule is Cc1cc(OC2CN(C(=O)OC(C)(C)C)C2)ncn1. The maximum absolute atomic E-state index is 11.7. The number of aryl methyl sites for hydroxylation is 1. The van der Waals surface area contributed by atoms with E-state index in [1.165, 1.54) is 6.33 Å². The fraction of sp³-hybridized carbons (Fsp3) is 0.615. The van der Waals surface area contributed by atoms with Crippen molar-refractivity contribution in [2.45, 2.75) is 39.4 Å². The highest BCUT2D eigenvalue weighted by Gasteiger charge is 2.35. The molecule has 1 saturated heterocycles. The highest BCUT2D eigenvalue weighted by atomic mass is 16.6. The van der Waals surface area contributed by atoms with Crippen LogP contribution in [0, 0.1) is 6.92 Å². The van der Waals surface area contributed by atoms with E-state index in [9.17, 15) is 4.79 Å². The van der Waals surface area contributed by atoms with E-state index in [0.29, 0.717) is 19.0 Å². The molecule has 1 aliphatic rings. The van der Waals surface area contributed by atoms with Crippen LogP contribution in [0.3, 0.4) is 0 Å². The van der Waals surface area contributed by atoms with E-state index in [2.05, 4.69) is 9.97 Å². The minimum atomic E-state index is -0.465. The predicted molar refractivity (Wildman–Crippen MR) is 69.0 cm³/mol. The number of nitrogens with zero attached hydrogens (tertiary/aromatic N) is 3. The minimum Gasteiger partial charge on any atom is -0.470 e. The van der Waals surface area contributed by atoms with Gasteiger partial charge in [0.2, 0.25) is 5.88 Å². The zero-order valence-corrected chi connectivity index (χ0v) is 11.7. The Labute approximate surface area is 112 Å². The smallest absolute Gasteiger partial charge is 0.410 e. The van der Waals surface area contributed by atoms with Crippen LogP contribution in [0.4, 0.5) is 4.79 Å². The summed E-state index contributed by atoms with van der Waals surface area (Å²) in [6, 6.07) is 1.77.